The molecule has 3 nitrogen and oxygen atoms in total. The van der Waals surface area contributed by atoms with Gasteiger partial charge in [0.1, 0.15) is 18.2 Å². The van der Waals surface area contributed by atoms with E-state index in [2.05, 4.69) is 21.1 Å². The van der Waals surface area contributed by atoms with Crippen LogP contribution in [0.5, 0.6) is 5.75 Å². The van der Waals surface area contributed by atoms with E-state index < -0.39 is 0 Å². The lowest BCUT2D eigenvalue weighted by atomic mass is 10.1. The minimum absolute atomic E-state index is 0.250. The summed E-state index contributed by atoms with van der Waals surface area (Å²) in [5.74, 6) is 0.480. The van der Waals surface area contributed by atoms with Crippen molar-refractivity contribution in [2.24, 2.45) is 0 Å². The second kappa shape index (κ2) is 6.26. The molecule has 2 aromatic carbocycles. The number of hydrogen-bond donors (Lipinski definition) is 0. The van der Waals surface area contributed by atoms with E-state index in [4.69, 9.17) is 9.26 Å². The van der Waals surface area contributed by atoms with Gasteiger partial charge in [-0.25, -0.2) is 4.39 Å². The first kappa shape index (κ1) is 14.1. The molecule has 0 unspecified atom stereocenters. The molecule has 0 aliphatic rings. The Kier molecular flexibility index (Phi) is 4.20. The van der Waals surface area contributed by atoms with Crippen LogP contribution in [-0.2, 0) is 13.0 Å². The van der Waals surface area contributed by atoms with Gasteiger partial charge >= 0.3 is 0 Å². The maximum atomic E-state index is 12.9. The number of rotatable bonds is 5. The summed E-state index contributed by atoms with van der Waals surface area (Å²) in [7, 11) is 0. The maximum absolute atomic E-state index is 12.9. The molecule has 0 fully saturated rings. The van der Waals surface area contributed by atoms with Crippen molar-refractivity contribution < 1.29 is 13.7 Å². The summed E-state index contributed by atoms with van der Waals surface area (Å²) in [6.45, 7) is 0.373. The largest absolute Gasteiger partial charge is 0.488 e. The maximum Gasteiger partial charge on any atom is 0.170 e. The average Bonchev–Trinajstić information content (AvgIpc) is 2.91. The van der Waals surface area contributed by atoms with Crippen LogP contribution in [0.2, 0.25) is 0 Å². The van der Waals surface area contributed by atoms with Gasteiger partial charge in [0.05, 0.1) is 11.1 Å². The van der Waals surface area contributed by atoms with Crippen LogP contribution < -0.4 is 4.74 Å². The third-order valence-electron chi connectivity index (χ3n) is 3.17. The normalized spacial score (nSPS) is 11.0. The standard InChI is InChI=1S/C16H13BrFNO2/c17-9-8-13-16-14(2-1-3-15(16)21-19-13)20-10-11-4-6-12(18)7-5-11/h1-7H,8-10H2. The van der Waals surface area contributed by atoms with E-state index in [-0.39, 0.29) is 5.82 Å². The third kappa shape index (κ3) is 3.08. The first-order valence-corrected chi connectivity index (χ1v) is 7.70. The smallest absolute Gasteiger partial charge is 0.170 e. The zero-order valence-electron chi connectivity index (χ0n) is 11.2. The van der Waals surface area contributed by atoms with Crippen molar-refractivity contribution in [2.75, 3.05) is 5.33 Å². The quantitative estimate of drug-likeness (QED) is 0.637. The SMILES string of the molecule is Fc1ccc(COc2cccc3onc(CCBr)c23)cc1. The van der Waals surface area contributed by atoms with Gasteiger partial charge < -0.3 is 9.26 Å². The molecule has 0 saturated heterocycles. The molecule has 1 heterocycles. The van der Waals surface area contributed by atoms with Gasteiger partial charge in [-0.05, 0) is 29.8 Å². The van der Waals surface area contributed by atoms with E-state index in [1.165, 1.54) is 12.1 Å². The van der Waals surface area contributed by atoms with Gasteiger partial charge in [-0.15, -0.1) is 0 Å². The molecular formula is C16H13BrFNO2. The van der Waals surface area contributed by atoms with Gasteiger partial charge in [-0.3, -0.25) is 0 Å². The topological polar surface area (TPSA) is 35.3 Å². The van der Waals surface area contributed by atoms with Gasteiger partial charge in [0.2, 0.25) is 0 Å². The summed E-state index contributed by atoms with van der Waals surface area (Å²) in [6, 6.07) is 11.9. The molecule has 3 aromatic rings. The van der Waals surface area contributed by atoms with Gasteiger partial charge in [0, 0.05) is 11.8 Å². The van der Waals surface area contributed by atoms with Crippen LogP contribution in [0.1, 0.15) is 11.3 Å². The van der Waals surface area contributed by atoms with Crippen LogP contribution in [-0.4, -0.2) is 10.5 Å². The number of nitrogens with zero attached hydrogens (tertiary/aromatic N) is 1. The van der Waals surface area contributed by atoms with E-state index in [1.807, 2.05) is 18.2 Å². The fourth-order valence-electron chi connectivity index (χ4n) is 2.14. The molecule has 0 saturated carbocycles. The molecule has 0 bridgehead atoms. The highest BCUT2D eigenvalue weighted by Crippen LogP contribution is 2.30. The van der Waals surface area contributed by atoms with Crippen LogP contribution in [0, 0.1) is 5.82 Å². The van der Waals surface area contributed by atoms with Crippen molar-refractivity contribution in [3.63, 3.8) is 0 Å². The molecule has 21 heavy (non-hydrogen) atoms. The number of aryl methyl sites for hydroxylation is 1. The molecule has 108 valence electrons. The molecule has 0 N–H and O–H groups in total. The number of fused-ring (bicyclic) bond motifs is 1. The van der Waals surface area contributed by atoms with Crippen molar-refractivity contribution in [1.29, 1.82) is 0 Å². The highest BCUT2D eigenvalue weighted by atomic mass is 79.9. The molecule has 0 aliphatic carbocycles. The van der Waals surface area contributed by atoms with Crippen LogP contribution in [0.4, 0.5) is 4.39 Å². The zero-order valence-corrected chi connectivity index (χ0v) is 12.8. The Morgan fingerprint density at radius 1 is 1.14 bits per heavy atom. The lowest BCUT2D eigenvalue weighted by Gasteiger charge is -2.07. The summed E-state index contributed by atoms with van der Waals surface area (Å²) in [5.41, 5.74) is 2.49. The second-order valence-corrected chi connectivity index (χ2v) is 5.41. The zero-order chi connectivity index (χ0) is 14.7. The number of alkyl halides is 1. The van der Waals surface area contributed by atoms with Crippen molar-refractivity contribution in [3.05, 3.63) is 59.5 Å². The number of hydrogen-bond acceptors (Lipinski definition) is 3. The average molecular weight is 350 g/mol. The first-order valence-electron chi connectivity index (χ1n) is 6.58. The van der Waals surface area contributed by atoms with Gasteiger partial charge in [-0.2, -0.15) is 0 Å². The van der Waals surface area contributed by atoms with Crippen LogP contribution in [0.15, 0.2) is 47.0 Å². The fraction of sp³-hybridized carbons (Fsp3) is 0.188. The molecule has 1 aromatic heterocycles. The molecule has 0 atom stereocenters. The number of halogens is 2. The summed E-state index contributed by atoms with van der Waals surface area (Å²) in [6.07, 6.45) is 0.768. The Bertz CT molecular complexity index is 740. The number of ether oxygens (including phenoxy) is 1. The Hall–Kier alpha value is -1.88. The molecular weight excluding hydrogens is 337 g/mol. The fourth-order valence-corrected chi connectivity index (χ4v) is 2.52. The number of aromatic nitrogens is 1. The molecule has 5 heteroatoms. The summed E-state index contributed by atoms with van der Waals surface area (Å²) in [4.78, 5) is 0. The molecule has 3 rings (SSSR count). The van der Waals surface area contributed by atoms with Crippen molar-refractivity contribution in [3.8, 4) is 5.75 Å². The van der Waals surface area contributed by atoms with E-state index >= 15 is 0 Å². The van der Waals surface area contributed by atoms with E-state index in [0.29, 0.717) is 12.2 Å². The van der Waals surface area contributed by atoms with Crippen molar-refractivity contribution in [1.82, 2.24) is 5.16 Å². The van der Waals surface area contributed by atoms with Gasteiger partial charge in [-0.1, -0.05) is 39.3 Å². The molecule has 0 spiro atoms. The minimum atomic E-state index is -0.250. The van der Waals surface area contributed by atoms with Gasteiger partial charge in [0.15, 0.2) is 5.58 Å². The lowest BCUT2D eigenvalue weighted by Crippen LogP contribution is -1.97. The lowest BCUT2D eigenvalue weighted by molar-refractivity contribution is 0.309. The van der Waals surface area contributed by atoms with E-state index in [9.17, 15) is 4.39 Å². The predicted octanol–water partition coefficient (Wildman–Crippen LogP) is 4.48. The Labute approximate surface area is 129 Å². The molecule has 0 amide bonds. The first-order chi connectivity index (χ1) is 10.3. The molecule has 0 radical (unpaired) electrons. The Morgan fingerprint density at radius 3 is 2.71 bits per heavy atom. The third-order valence-corrected chi connectivity index (χ3v) is 3.57. The minimum Gasteiger partial charge on any atom is -0.488 e. The van der Waals surface area contributed by atoms with Crippen LogP contribution in [0.3, 0.4) is 0 Å². The van der Waals surface area contributed by atoms with Crippen LogP contribution in [0.25, 0.3) is 11.0 Å². The monoisotopic (exact) mass is 349 g/mol. The highest BCUT2D eigenvalue weighted by molar-refractivity contribution is 9.09. The van der Waals surface area contributed by atoms with E-state index in [1.54, 1.807) is 12.1 Å². The van der Waals surface area contributed by atoms with E-state index in [0.717, 1.165) is 34.1 Å². The van der Waals surface area contributed by atoms with Crippen molar-refractivity contribution in [2.45, 2.75) is 13.0 Å². The predicted molar refractivity (Wildman–Crippen MR) is 82.2 cm³/mol. The Balaban J connectivity index is 1.86. The van der Waals surface area contributed by atoms with Crippen molar-refractivity contribution >= 4 is 26.9 Å². The summed E-state index contributed by atoms with van der Waals surface area (Å²) >= 11 is 3.41. The summed E-state index contributed by atoms with van der Waals surface area (Å²) < 4.78 is 24.1. The van der Waals surface area contributed by atoms with Crippen LogP contribution >= 0.6 is 15.9 Å². The second-order valence-electron chi connectivity index (χ2n) is 4.61. The number of benzene rings is 2. The summed E-state index contributed by atoms with van der Waals surface area (Å²) in [5, 5.41) is 5.79. The highest BCUT2D eigenvalue weighted by Gasteiger charge is 2.13. The Morgan fingerprint density at radius 2 is 1.95 bits per heavy atom. The van der Waals surface area contributed by atoms with Gasteiger partial charge in [0.25, 0.3) is 0 Å². The molecule has 0 aliphatic heterocycles.